The molecule has 0 N–H and O–H groups in total. The second-order valence-electron chi connectivity index (χ2n) is 4.52. The summed E-state index contributed by atoms with van der Waals surface area (Å²) in [6, 6.07) is 9.32. The molecule has 1 aromatic rings. The van der Waals surface area contributed by atoms with Crippen molar-refractivity contribution in [2.75, 3.05) is 19.8 Å². The van der Waals surface area contributed by atoms with Gasteiger partial charge in [-0.3, -0.25) is 0 Å². The van der Waals surface area contributed by atoms with Crippen LogP contribution in [0.4, 0.5) is 0 Å². The molecule has 0 saturated heterocycles. The molecule has 0 aromatic heterocycles. The summed E-state index contributed by atoms with van der Waals surface area (Å²) in [5, 5.41) is 0. The molecule has 0 spiro atoms. The number of hydrogen-bond donors (Lipinski definition) is 0. The number of hydrogen-bond acceptors (Lipinski definition) is 7. The lowest BCUT2D eigenvalue weighted by atomic mass is 10.2. The number of carbonyl (C=O) groups is 3. The Bertz CT molecular complexity index is 512. The first-order valence-corrected chi connectivity index (χ1v) is 7.16. The van der Waals surface area contributed by atoms with Gasteiger partial charge in [-0.1, -0.05) is 30.3 Å². The molecule has 1 rings (SSSR count). The fraction of sp³-hybridized carbons (Fsp3) is 0.438. The van der Waals surface area contributed by atoms with E-state index in [-0.39, 0.29) is 19.8 Å². The second kappa shape index (κ2) is 10.3. The molecule has 0 aliphatic rings. The summed E-state index contributed by atoms with van der Waals surface area (Å²) in [5.41, 5.74) is 0.919. The average Bonchev–Trinajstić information content (AvgIpc) is 2.53. The predicted octanol–water partition coefficient (Wildman–Crippen LogP) is 1.24. The van der Waals surface area contributed by atoms with E-state index in [9.17, 15) is 14.4 Å². The van der Waals surface area contributed by atoms with Crippen molar-refractivity contribution in [3.05, 3.63) is 35.9 Å². The monoisotopic (exact) mass is 324 g/mol. The summed E-state index contributed by atoms with van der Waals surface area (Å²) >= 11 is 0. The maximum Gasteiger partial charge on any atom is 0.347 e. The van der Waals surface area contributed by atoms with Gasteiger partial charge in [-0.15, -0.1) is 0 Å². The number of benzene rings is 1. The third-order valence-corrected chi connectivity index (χ3v) is 2.61. The Kier molecular flexibility index (Phi) is 8.38. The van der Waals surface area contributed by atoms with E-state index in [0.717, 1.165) is 5.56 Å². The zero-order valence-corrected chi connectivity index (χ0v) is 13.2. The van der Waals surface area contributed by atoms with Gasteiger partial charge < -0.3 is 18.9 Å². The van der Waals surface area contributed by atoms with E-state index in [1.54, 1.807) is 6.92 Å². The van der Waals surface area contributed by atoms with Crippen LogP contribution in [-0.2, 0) is 39.9 Å². The maximum absolute atomic E-state index is 11.5. The summed E-state index contributed by atoms with van der Waals surface area (Å²) in [6.45, 7) is 2.64. The van der Waals surface area contributed by atoms with Crippen LogP contribution in [0.25, 0.3) is 0 Å². The van der Waals surface area contributed by atoms with Crippen LogP contribution in [0.1, 0.15) is 19.4 Å². The normalized spacial score (nSPS) is 11.4. The van der Waals surface area contributed by atoms with Crippen LogP contribution in [0.2, 0.25) is 0 Å². The molecule has 0 heterocycles. The van der Waals surface area contributed by atoms with Gasteiger partial charge in [0.15, 0.2) is 12.7 Å². The quantitative estimate of drug-likeness (QED) is 0.499. The number of rotatable bonds is 9. The van der Waals surface area contributed by atoms with Crippen LogP contribution in [-0.4, -0.2) is 43.8 Å². The standard InChI is InChI=1S/C16H20O7/c1-3-21-14(17)11-22-16(19)12(2)23-15(18)10-20-9-13-7-5-4-6-8-13/h4-8,12H,3,9-11H2,1-2H3. The van der Waals surface area contributed by atoms with Crippen molar-refractivity contribution in [2.45, 2.75) is 26.6 Å². The van der Waals surface area contributed by atoms with Gasteiger partial charge >= 0.3 is 17.9 Å². The molecule has 0 radical (unpaired) electrons. The Labute approximate surface area is 134 Å². The second-order valence-corrected chi connectivity index (χ2v) is 4.52. The van der Waals surface area contributed by atoms with Gasteiger partial charge in [0, 0.05) is 0 Å². The van der Waals surface area contributed by atoms with Crippen LogP contribution in [0, 0.1) is 0 Å². The average molecular weight is 324 g/mol. The SMILES string of the molecule is CCOC(=O)COC(=O)C(C)OC(=O)COCc1ccccc1. The Morgan fingerprint density at radius 3 is 2.35 bits per heavy atom. The van der Waals surface area contributed by atoms with Gasteiger partial charge in [0.05, 0.1) is 13.2 Å². The zero-order chi connectivity index (χ0) is 17.1. The maximum atomic E-state index is 11.5. The van der Waals surface area contributed by atoms with Crippen molar-refractivity contribution in [3.8, 4) is 0 Å². The van der Waals surface area contributed by atoms with Crippen LogP contribution >= 0.6 is 0 Å². The van der Waals surface area contributed by atoms with E-state index >= 15 is 0 Å². The fourth-order valence-corrected chi connectivity index (χ4v) is 1.56. The molecular formula is C16H20O7. The first-order chi connectivity index (χ1) is 11.0. The van der Waals surface area contributed by atoms with Crippen LogP contribution < -0.4 is 0 Å². The molecule has 0 aliphatic carbocycles. The lowest BCUT2D eigenvalue weighted by Gasteiger charge is -2.12. The smallest absolute Gasteiger partial charge is 0.347 e. The topological polar surface area (TPSA) is 88.1 Å². The zero-order valence-electron chi connectivity index (χ0n) is 13.2. The van der Waals surface area contributed by atoms with Crippen molar-refractivity contribution >= 4 is 17.9 Å². The third kappa shape index (κ3) is 7.96. The highest BCUT2D eigenvalue weighted by Gasteiger charge is 2.20. The fourth-order valence-electron chi connectivity index (χ4n) is 1.56. The van der Waals surface area contributed by atoms with Gasteiger partial charge in [-0.05, 0) is 19.4 Å². The summed E-state index contributed by atoms with van der Waals surface area (Å²) in [7, 11) is 0. The largest absolute Gasteiger partial charge is 0.463 e. The minimum absolute atomic E-state index is 0.194. The van der Waals surface area contributed by atoms with Gasteiger partial charge in [0.25, 0.3) is 0 Å². The lowest BCUT2D eigenvalue weighted by Crippen LogP contribution is -2.29. The summed E-state index contributed by atoms with van der Waals surface area (Å²) < 4.78 is 19.3. The van der Waals surface area contributed by atoms with E-state index in [1.165, 1.54) is 6.92 Å². The minimum atomic E-state index is -1.13. The van der Waals surface area contributed by atoms with Crippen LogP contribution in [0.3, 0.4) is 0 Å². The highest BCUT2D eigenvalue weighted by atomic mass is 16.6. The molecule has 1 atom stereocenters. The van der Waals surface area contributed by atoms with Crippen molar-refractivity contribution < 1.29 is 33.3 Å². The number of esters is 3. The van der Waals surface area contributed by atoms with Crippen molar-refractivity contribution in [1.82, 2.24) is 0 Å². The Hall–Kier alpha value is -2.41. The lowest BCUT2D eigenvalue weighted by molar-refractivity contribution is -0.172. The van der Waals surface area contributed by atoms with Gasteiger partial charge in [-0.2, -0.15) is 0 Å². The van der Waals surface area contributed by atoms with E-state index in [4.69, 9.17) is 9.47 Å². The molecule has 1 unspecified atom stereocenters. The Morgan fingerprint density at radius 1 is 1.00 bits per heavy atom. The first-order valence-electron chi connectivity index (χ1n) is 7.16. The van der Waals surface area contributed by atoms with Crippen molar-refractivity contribution in [1.29, 1.82) is 0 Å². The van der Waals surface area contributed by atoms with E-state index < -0.39 is 30.6 Å². The third-order valence-electron chi connectivity index (χ3n) is 2.61. The molecule has 23 heavy (non-hydrogen) atoms. The molecule has 0 saturated carbocycles. The van der Waals surface area contributed by atoms with Gasteiger partial charge in [0.2, 0.25) is 0 Å². The van der Waals surface area contributed by atoms with Crippen molar-refractivity contribution in [3.63, 3.8) is 0 Å². The van der Waals surface area contributed by atoms with E-state index in [0.29, 0.717) is 0 Å². The Morgan fingerprint density at radius 2 is 1.70 bits per heavy atom. The summed E-state index contributed by atoms with van der Waals surface area (Å²) in [4.78, 5) is 34.1. The molecule has 126 valence electrons. The van der Waals surface area contributed by atoms with E-state index in [2.05, 4.69) is 9.47 Å². The number of ether oxygens (including phenoxy) is 4. The molecule has 7 heteroatoms. The van der Waals surface area contributed by atoms with Crippen LogP contribution in [0.5, 0.6) is 0 Å². The summed E-state index contributed by atoms with van der Waals surface area (Å²) in [5.74, 6) is -2.18. The molecule has 0 bridgehead atoms. The van der Waals surface area contributed by atoms with E-state index in [1.807, 2.05) is 30.3 Å². The molecule has 1 aromatic carbocycles. The highest BCUT2D eigenvalue weighted by molar-refractivity contribution is 5.81. The predicted molar refractivity (Wildman–Crippen MR) is 79.2 cm³/mol. The first kappa shape index (κ1) is 18.6. The molecule has 0 aliphatic heterocycles. The molecule has 0 amide bonds. The molecule has 0 fully saturated rings. The molecule has 7 nitrogen and oxygen atoms in total. The van der Waals surface area contributed by atoms with Gasteiger partial charge in [-0.25, -0.2) is 14.4 Å². The minimum Gasteiger partial charge on any atom is -0.463 e. The Balaban J connectivity index is 2.22. The van der Waals surface area contributed by atoms with Gasteiger partial charge in [0.1, 0.15) is 6.61 Å². The van der Waals surface area contributed by atoms with Crippen LogP contribution in [0.15, 0.2) is 30.3 Å². The van der Waals surface area contributed by atoms with Crippen molar-refractivity contribution in [2.24, 2.45) is 0 Å². The number of carbonyl (C=O) groups excluding carboxylic acids is 3. The summed E-state index contributed by atoms with van der Waals surface area (Å²) in [6.07, 6.45) is -1.13. The highest BCUT2D eigenvalue weighted by Crippen LogP contribution is 2.01. The molecular weight excluding hydrogens is 304 g/mol.